The number of hydrogen-bond donors (Lipinski definition) is 2. The van der Waals surface area contributed by atoms with Crippen molar-refractivity contribution < 1.29 is 27.4 Å². The number of nitrogens with one attached hydrogen (secondary N) is 2. The lowest BCUT2D eigenvalue weighted by atomic mass is 9.95. The summed E-state index contributed by atoms with van der Waals surface area (Å²) in [5, 5.41) is 6.08. The van der Waals surface area contributed by atoms with Gasteiger partial charge in [-0.3, -0.25) is 9.78 Å². The summed E-state index contributed by atoms with van der Waals surface area (Å²) in [4.78, 5) is 16.4. The third kappa shape index (κ3) is 3.48. The maximum absolute atomic E-state index is 13.4. The number of halogens is 3. The number of ether oxygens (including phenoxy) is 2. The molecule has 4 heterocycles. The lowest BCUT2D eigenvalue weighted by Crippen LogP contribution is -2.56. The number of amides is 1. The van der Waals surface area contributed by atoms with Crippen molar-refractivity contribution in [1.82, 2.24) is 15.6 Å². The van der Waals surface area contributed by atoms with Gasteiger partial charge in [0.05, 0.1) is 29.0 Å². The molecule has 1 amide bonds. The highest BCUT2D eigenvalue weighted by atomic mass is 32.1. The maximum Gasteiger partial charge on any atom is 0.417 e. The predicted octanol–water partition coefficient (Wildman–Crippen LogP) is 2.57. The van der Waals surface area contributed by atoms with Crippen LogP contribution in [0.4, 0.5) is 13.2 Å². The van der Waals surface area contributed by atoms with Gasteiger partial charge in [0.1, 0.15) is 11.7 Å². The summed E-state index contributed by atoms with van der Waals surface area (Å²) in [7, 11) is 1.43. The molecule has 2 N–H and O–H groups in total. The summed E-state index contributed by atoms with van der Waals surface area (Å²) < 4.78 is 51.6. The second-order valence-electron chi connectivity index (χ2n) is 6.69. The molecule has 0 aliphatic carbocycles. The van der Waals surface area contributed by atoms with Gasteiger partial charge in [-0.05, 0) is 6.07 Å². The fourth-order valence-electron chi connectivity index (χ4n) is 3.63. The Morgan fingerprint density at radius 1 is 1.37 bits per heavy atom. The van der Waals surface area contributed by atoms with E-state index < -0.39 is 17.6 Å². The van der Waals surface area contributed by atoms with Gasteiger partial charge in [0.2, 0.25) is 0 Å². The molecule has 10 heteroatoms. The Hall–Kier alpha value is -1.91. The van der Waals surface area contributed by atoms with Crippen LogP contribution in [0.25, 0.3) is 10.2 Å². The van der Waals surface area contributed by atoms with Crippen LogP contribution >= 0.6 is 11.3 Å². The number of morpholine rings is 1. The molecule has 2 aromatic rings. The van der Waals surface area contributed by atoms with Crippen molar-refractivity contribution in [2.45, 2.75) is 37.2 Å². The van der Waals surface area contributed by atoms with Crippen LogP contribution in [0.15, 0.2) is 12.3 Å². The minimum atomic E-state index is -4.54. The number of rotatable bonds is 3. The Morgan fingerprint density at radius 3 is 2.70 bits per heavy atom. The Bertz CT molecular complexity index is 858. The van der Waals surface area contributed by atoms with Crippen molar-refractivity contribution >= 4 is 27.5 Å². The predicted molar refractivity (Wildman–Crippen MR) is 93.2 cm³/mol. The van der Waals surface area contributed by atoms with E-state index in [0.29, 0.717) is 26.1 Å². The second kappa shape index (κ2) is 6.92. The molecular weight excluding hydrogens is 383 g/mol. The van der Waals surface area contributed by atoms with Gasteiger partial charge in [-0.25, -0.2) is 0 Å². The standard InChI is InChI=1S/C17H18F3N3O3S/c1-21-15(24)12-13-14(11(2-3-22-13)17(18,19)20)27-16(12)26-10-4-8-6-25-7-9(5-10)23-8/h2-3,8-10,23H,4-7H2,1H3,(H,21,24). The fourth-order valence-corrected chi connectivity index (χ4v) is 4.84. The number of alkyl halides is 3. The number of thiophene rings is 1. The Balaban J connectivity index is 1.74. The molecule has 27 heavy (non-hydrogen) atoms. The summed E-state index contributed by atoms with van der Waals surface area (Å²) in [5.41, 5.74) is -0.738. The SMILES string of the molecule is CNC(=O)c1c(OC2CC3COCC(C2)N3)sc2c(C(F)(F)F)ccnc12. The van der Waals surface area contributed by atoms with E-state index in [-0.39, 0.29) is 39.0 Å². The molecule has 0 radical (unpaired) electrons. The van der Waals surface area contributed by atoms with Gasteiger partial charge in [0.15, 0.2) is 5.06 Å². The van der Waals surface area contributed by atoms with E-state index in [0.717, 1.165) is 23.6 Å². The van der Waals surface area contributed by atoms with E-state index in [2.05, 4.69) is 15.6 Å². The zero-order valence-corrected chi connectivity index (χ0v) is 15.2. The molecular formula is C17H18F3N3O3S. The van der Waals surface area contributed by atoms with Crippen LogP contribution < -0.4 is 15.4 Å². The molecule has 4 rings (SSSR count). The molecule has 2 aromatic heterocycles. The lowest BCUT2D eigenvalue weighted by molar-refractivity contribution is -0.136. The fraction of sp³-hybridized carbons (Fsp3) is 0.529. The normalized spacial score (nSPS) is 25.4. The van der Waals surface area contributed by atoms with Gasteiger partial charge >= 0.3 is 6.18 Å². The van der Waals surface area contributed by atoms with Gasteiger partial charge in [0.25, 0.3) is 5.91 Å². The van der Waals surface area contributed by atoms with Gasteiger partial charge in [-0.15, -0.1) is 0 Å². The monoisotopic (exact) mass is 401 g/mol. The molecule has 2 aliphatic heterocycles. The quantitative estimate of drug-likeness (QED) is 0.827. The van der Waals surface area contributed by atoms with Crippen molar-refractivity contribution in [3.05, 3.63) is 23.4 Å². The minimum absolute atomic E-state index is 0.0154. The molecule has 6 nitrogen and oxygen atoms in total. The number of aromatic nitrogens is 1. The number of hydrogen-bond acceptors (Lipinski definition) is 6. The first-order valence-electron chi connectivity index (χ1n) is 8.58. The zero-order valence-electron chi connectivity index (χ0n) is 14.4. The summed E-state index contributed by atoms with van der Waals surface area (Å²) >= 11 is 0.826. The molecule has 2 bridgehead atoms. The Labute approximate surface area is 157 Å². The zero-order chi connectivity index (χ0) is 19.2. The molecule has 2 unspecified atom stereocenters. The number of fused-ring (bicyclic) bond motifs is 3. The molecule has 2 saturated heterocycles. The van der Waals surface area contributed by atoms with Crippen LogP contribution in [0.1, 0.15) is 28.8 Å². The number of carbonyl (C=O) groups excluding carboxylic acids is 1. The van der Waals surface area contributed by atoms with Crippen molar-refractivity contribution in [3.63, 3.8) is 0 Å². The highest BCUT2D eigenvalue weighted by molar-refractivity contribution is 7.21. The van der Waals surface area contributed by atoms with Crippen LogP contribution in [0.3, 0.4) is 0 Å². The third-order valence-corrected chi connectivity index (χ3v) is 5.88. The summed E-state index contributed by atoms with van der Waals surface area (Å²) in [6.45, 7) is 1.15. The van der Waals surface area contributed by atoms with Crippen LogP contribution in [0, 0.1) is 0 Å². The number of nitrogens with zero attached hydrogens (tertiary/aromatic N) is 1. The maximum atomic E-state index is 13.4. The second-order valence-corrected chi connectivity index (χ2v) is 7.67. The van der Waals surface area contributed by atoms with Crippen molar-refractivity contribution in [3.8, 4) is 5.06 Å². The van der Waals surface area contributed by atoms with E-state index in [1.54, 1.807) is 0 Å². The van der Waals surface area contributed by atoms with E-state index >= 15 is 0 Å². The van der Waals surface area contributed by atoms with Crippen molar-refractivity contribution in [2.75, 3.05) is 20.3 Å². The number of carbonyl (C=O) groups is 1. The van der Waals surface area contributed by atoms with Crippen LogP contribution in [0.5, 0.6) is 5.06 Å². The van der Waals surface area contributed by atoms with Crippen LogP contribution in [-0.4, -0.2) is 49.3 Å². The molecule has 2 fully saturated rings. The summed E-state index contributed by atoms with van der Waals surface area (Å²) in [6, 6.07) is 1.20. The van der Waals surface area contributed by atoms with Crippen molar-refractivity contribution in [2.24, 2.45) is 0 Å². The largest absolute Gasteiger partial charge is 0.480 e. The highest BCUT2D eigenvalue weighted by Gasteiger charge is 2.37. The van der Waals surface area contributed by atoms with E-state index in [1.165, 1.54) is 7.05 Å². The molecule has 0 spiro atoms. The molecule has 0 saturated carbocycles. The van der Waals surface area contributed by atoms with Crippen LogP contribution in [0.2, 0.25) is 0 Å². The van der Waals surface area contributed by atoms with Gasteiger partial charge in [-0.1, -0.05) is 11.3 Å². The first-order valence-corrected chi connectivity index (χ1v) is 9.39. The van der Waals surface area contributed by atoms with E-state index in [1.807, 2.05) is 0 Å². The van der Waals surface area contributed by atoms with E-state index in [9.17, 15) is 18.0 Å². The van der Waals surface area contributed by atoms with Gasteiger partial charge < -0.3 is 20.1 Å². The lowest BCUT2D eigenvalue weighted by Gasteiger charge is -2.39. The smallest absolute Gasteiger partial charge is 0.417 e. The number of pyridine rings is 1. The molecule has 2 aliphatic rings. The van der Waals surface area contributed by atoms with Crippen molar-refractivity contribution in [1.29, 1.82) is 0 Å². The van der Waals surface area contributed by atoms with E-state index in [4.69, 9.17) is 9.47 Å². The Kier molecular flexibility index (Phi) is 4.73. The molecule has 146 valence electrons. The first kappa shape index (κ1) is 18.5. The number of piperidine rings is 1. The average Bonchev–Trinajstić information content (AvgIpc) is 2.97. The minimum Gasteiger partial charge on any atom is -0.480 e. The van der Waals surface area contributed by atoms with Crippen LogP contribution in [-0.2, 0) is 10.9 Å². The van der Waals surface area contributed by atoms with Gasteiger partial charge in [0, 0.05) is 38.2 Å². The summed E-state index contributed by atoms with van der Waals surface area (Å²) in [6.07, 6.45) is -2.34. The first-order chi connectivity index (χ1) is 12.9. The van der Waals surface area contributed by atoms with Gasteiger partial charge in [-0.2, -0.15) is 13.2 Å². The topological polar surface area (TPSA) is 72.5 Å². The third-order valence-electron chi connectivity index (χ3n) is 4.78. The molecule has 0 aromatic carbocycles. The molecule has 2 atom stereocenters. The summed E-state index contributed by atoms with van der Waals surface area (Å²) in [5.74, 6) is -0.513. The average molecular weight is 401 g/mol. The Morgan fingerprint density at radius 2 is 2.07 bits per heavy atom. The highest BCUT2D eigenvalue weighted by Crippen LogP contribution is 2.44.